The number of hydrogen-bond donors (Lipinski definition) is 1. The molecule has 4 heterocycles. The SMILES string of the molecule is O=C([C@@H]1C[C@H](N2CCN(c3ccc(C(F)(F)F)cn3)CC2)CN1)N1CC(F)C1. The van der Waals surface area contributed by atoms with Crippen LogP contribution in [0.4, 0.5) is 23.4 Å². The first-order valence-corrected chi connectivity index (χ1v) is 9.50. The van der Waals surface area contributed by atoms with Crippen molar-refractivity contribution in [2.45, 2.75) is 30.9 Å². The monoisotopic (exact) mass is 401 g/mol. The Morgan fingerprint density at radius 3 is 2.43 bits per heavy atom. The number of alkyl halides is 4. The second-order valence-corrected chi connectivity index (χ2v) is 7.62. The van der Waals surface area contributed by atoms with Crippen LogP contribution >= 0.6 is 0 Å². The van der Waals surface area contributed by atoms with Crippen molar-refractivity contribution < 1.29 is 22.4 Å². The molecule has 3 fully saturated rings. The largest absolute Gasteiger partial charge is 0.417 e. The molecule has 28 heavy (non-hydrogen) atoms. The standard InChI is InChI=1S/C18H23F4N5O/c19-13-10-27(11-13)17(28)15-7-14(9-23-15)25-3-5-26(6-4-25)16-2-1-12(8-24-16)18(20,21)22/h1-2,8,13-15,23H,3-7,9-11H2/t14-,15-/m0/s1. The fourth-order valence-electron chi connectivity index (χ4n) is 4.07. The Kier molecular flexibility index (Phi) is 5.17. The Hall–Kier alpha value is -1.94. The number of anilines is 1. The van der Waals surface area contributed by atoms with Gasteiger partial charge in [-0.3, -0.25) is 9.69 Å². The van der Waals surface area contributed by atoms with E-state index in [1.807, 2.05) is 4.90 Å². The first kappa shape index (κ1) is 19.4. The van der Waals surface area contributed by atoms with Gasteiger partial charge in [-0.25, -0.2) is 9.37 Å². The molecule has 4 rings (SSSR count). The van der Waals surface area contributed by atoms with Gasteiger partial charge in [-0.05, 0) is 18.6 Å². The molecule has 0 saturated carbocycles. The summed E-state index contributed by atoms with van der Waals surface area (Å²) in [5, 5.41) is 3.24. The van der Waals surface area contributed by atoms with E-state index in [4.69, 9.17) is 0 Å². The van der Waals surface area contributed by atoms with E-state index in [-0.39, 0.29) is 31.1 Å². The molecule has 6 nitrogen and oxygen atoms in total. The lowest BCUT2D eigenvalue weighted by atomic mass is 10.1. The number of aromatic nitrogens is 1. The summed E-state index contributed by atoms with van der Waals surface area (Å²) in [6.07, 6.45) is -3.70. The quantitative estimate of drug-likeness (QED) is 0.770. The van der Waals surface area contributed by atoms with E-state index in [0.29, 0.717) is 31.9 Å². The van der Waals surface area contributed by atoms with Crippen molar-refractivity contribution in [2.24, 2.45) is 0 Å². The average molecular weight is 401 g/mol. The smallest absolute Gasteiger partial charge is 0.354 e. The number of carbonyl (C=O) groups is 1. The summed E-state index contributed by atoms with van der Waals surface area (Å²) in [6.45, 7) is 3.95. The van der Waals surface area contributed by atoms with Crippen LogP contribution in [-0.4, -0.2) is 84.8 Å². The number of nitrogens with one attached hydrogen (secondary N) is 1. The molecule has 0 radical (unpaired) electrons. The number of amides is 1. The number of nitrogens with zero attached hydrogens (tertiary/aromatic N) is 4. The van der Waals surface area contributed by atoms with E-state index in [1.54, 1.807) is 4.90 Å². The van der Waals surface area contributed by atoms with Gasteiger partial charge in [0, 0.05) is 45.0 Å². The van der Waals surface area contributed by atoms with E-state index in [2.05, 4.69) is 15.2 Å². The Labute approximate surface area is 160 Å². The second-order valence-electron chi connectivity index (χ2n) is 7.62. The highest BCUT2D eigenvalue weighted by Crippen LogP contribution is 2.29. The minimum absolute atomic E-state index is 0.0241. The molecular formula is C18H23F4N5O. The maximum atomic E-state index is 13.0. The zero-order valence-electron chi connectivity index (χ0n) is 15.3. The van der Waals surface area contributed by atoms with Gasteiger partial charge >= 0.3 is 6.18 Å². The molecule has 3 saturated heterocycles. The number of hydrogen-bond acceptors (Lipinski definition) is 5. The van der Waals surface area contributed by atoms with Crippen molar-refractivity contribution in [2.75, 3.05) is 50.7 Å². The number of carbonyl (C=O) groups excluding carboxylic acids is 1. The maximum Gasteiger partial charge on any atom is 0.417 e. The second kappa shape index (κ2) is 7.47. The van der Waals surface area contributed by atoms with Crippen LogP contribution in [0.25, 0.3) is 0 Å². The molecule has 0 unspecified atom stereocenters. The molecule has 3 aliphatic heterocycles. The summed E-state index contributed by atoms with van der Waals surface area (Å²) in [4.78, 5) is 22.1. The molecule has 3 aliphatic rings. The lowest BCUT2D eigenvalue weighted by molar-refractivity contribution is -0.140. The van der Waals surface area contributed by atoms with Crippen molar-refractivity contribution in [1.29, 1.82) is 0 Å². The highest BCUT2D eigenvalue weighted by molar-refractivity contribution is 5.83. The normalized spacial score (nSPS) is 27.1. The minimum atomic E-state index is -4.38. The number of pyridine rings is 1. The van der Waals surface area contributed by atoms with Crippen LogP contribution in [0.1, 0.15) is 12.0 Å². The molecule has 10 heteroatoms. The molecule has 1 amide bonds. The van der Waals surface area contributed by atoms with E-state index < -0.39 is 17.9 Å². The van der Waals surface area contributed by atoms with E-state index in [9.17, 15) is 22.4 Å². The Morgan fingerprint density at radius 1 is 1.14 bits per heavy atom. The fraction of sp³-hybridized carbons (Fsp3) is 0.667. The molecule has 0 aliphatic carbocycles. The van der Waals surface area contributed by atoms with E-state index in [1.165, 1.54) is 6.07 Å². The van der Waals surface area contributed by atoms with Crippen LogP contribution in [0, 0.1) is 0 Å². The van der Waals surface area contributed by atoms with Gasteiger partial charge in [0.25, 0.3) is 0 Å². The molecule has 154 valence electrons. The Bertz CT molecular complexity index is 699. The van der Waals surface area contributed by atoms with Crippen molar-refractivity contribution in [1.82, 2.24) is 20.1 Å². The minimum Gasteiger partial charge on any atom is -0.354 e. The van der Waals surface area contributed by atoms with Gasteiger partial charge in [-0.2, -0.15) is 13.2 Å². The zero-order valence-corrected chi connectivity index (χ0v) is 15.3. The molecule has 1 aromatic rings. The van der Waals surface area contributed by atoms with Crippen LogP contribution < -0.4 is 10.2 Å². The molecular weight excluding hydrogens is 378 g/mol. The highest BCUT2D eigenvalue weighted by atomic mass is 19.4. The molecule has 0 spiro atoms. The number of likely N-dealkylation sites (tertiary alicyclic amines) is 1. The fourth-order valence-corrected chi connectivity index (χ4v) is 4.07. The Balaban J connectivity index is 1.27. The van der Waals surface area contributed by atoms with Gasteiger partial charge in [0.2, 0.25) is 5.91 Å². The summed E-state index contributed by atoms with van der Waals surface area (Å²) >= 11 is 0. The van der Waals surface area contributed by atoms with Crippen LogP contribution in [0.2, 0.25) is 0 Å². The van der Waals surface area contributed by atoms with Gasteiger partial charge in [-0.15, -0.1) is 0 Å². The van der Waals surface area contributed by atoms with Crippen LogP contribution in [0.15, 0.2) is 18.3 Å². The number of halogens is 4. The van der Waals surface area contributed by atoms with Crippen LogP contribution in [0.3, 0.4) is 0 Å². The van der Waals surface area contributed by atoms with Gasteiger partial charge < -0.3 is 15.1 Å². The molecule has 2 atom stereocenters. The summed E-state index contributed by atoms with van der Waals surface area (Å²) in [6, 6.07) is 2.45. The lowest BCUT2D eigenvalue weighted by Crippen LogP contribution is -2.56. The van der Waals surface area contributed by atoms with Crippen molar-refractivity contribution in [3.05, 3.63) is 23.9 Å². The van der Waals surface area contributed by atoms with Gasteiger partial charge in [-0.1, -0.05) is 0 Å². The summed E-state index contributed by atoms with van der Waals surface area (Å²) in [5.74, 6) is 0.521. The third kappa shape index (κ3) is 3.93. The molecule has 1 aromatic heterocycles. The lowest BCUT2D eigenvalue weighted by Gasteiger charge is -2.38. The van der Waals surface area contributed by atoms with Gasteiger partial charge in [0.05, 0.1) is 24.7 Å². The average Bonchev–Trinajstić information content (AvgIpc) is 3.15. The van der Waals surface area contributed by atoms with E-state index in [0.717, 1.165) is 25.4 Å². The molecule has 0 bridgehead atoms. The van der Waals surface area contributed by atoms with Crippen LogP contribution in [-0.2, 0) is 11.0 Å². The van der Waals surface area contributed by atoms with Gasteiger partial charge in [0.1, 0.15) is 12.0 Å². The third-order valence-electron chi connectivity index (χ3n) is 5.78. The molecule has 1 N–H and O–H groups in total. The first-order chi connectivity index (χ1) is 13.3. The highest BCUT2D eigenvalue weighted by Gasteiger charge is 2.39. The van der Waals surface area contributed by atoms with Crippen molar-refractivity contribution in [3.8, 4) is 0 Å². The van der Waals surface area contributed by atoms with Crippen LogP contribution in [0.5, 0.6) is 0 Å². The van der Waals surface area contributed by atoms with Crippen molar-refractivity contribution >= 4 is 11.7 Å². The summed E-state index contributed by atoms with van der Waals surface area (Å²) < 4.78 is 50.9. The maximum absolute atomic E-state index is 13.0. The number of rotatable bonds is 3. The number of piperazine rings is 1. The summed E-state index contributed by atoms with van der Waals surface area (Å²) in [5.41, 5.74) is -0.746. The first-order valence-electron chi connectivity index (χ1n) is 9.50. The van der Waals surface area contributed by atoms with Gasteiger partial charge in [0.15, 0.2) is 0 Å². The predicted octanol–water partition coefficient (Wildman–Crippen LogP) is 1.13. The van der Waals surface area contributed by atoms with Crippen molar-refractivity contribution in [3.63, 3.8) is 0 Å². The predicted molar refractivity (Wildman–Crippen MR) is 94.7 cm³/mol. The Morgan fingerprint density at radius 2 is 1.86 bits per heavy atom. The topological polar surface area (TPSA) is 51.7 Å². The zero-order chi connectivity index (χ0) is 19.9. The van der Waals surface area contributed by atoms with E-state index >= 15 is 0 Å². The molecule has 0 aromatic carbocycles. The summed E-state index contributed by atoms with van der Waals surface area (Å²) in [7, 11) is 0. The third-order valence-corrected chi connectivity index (χ3v) is 5.78.